The molecule has 15 heavy (non-hydrogen) atoms. The second-order valence-electron chi connectivity index (χ2n) is 5.02. The molecule has 0 aliphatic carbocycles. The van der Waals surface area contributed by atoms with Gasteiger partial charge in [-0.2, -0.15) is 11.3 Å². The van der Waals surface area contributed by atoms with Crippen LogP contribution in [-0.4, -0.2) is 11.8 Å². The van der Waals surface area contributed by atoms with Crippen LogP contribution in [0, 0.1) is 5.41 Å². The highest BCUT2D eigenvalue weighted by Crippen LogP contribution is 2.20. The molecule has 1 aromatic heterocycles. The van der Waals surface area contributed by atoms with E-state index in [1.54, 1.807) is 11.3 Å². The number of rotatable bonds is 4. The van der Waals surface area contributed by atoms with Gasteiger partial charge in [-0.1, -0.05) is 20.8 Å². The molecule has 0 aromatic carbocycles. The zero-order valence-electron chi connectivity index (χ0n) is 9.62. The lowest BCUT2D eigenvalue weighted by Crippen LogP contribution is -2.37. The topological polar surface area (TPSA) is 43.1 Å². The molecule has 2 N–H and O–H groups in total. The number of thiophene rings is 1. The number of Topliss-reactive ketones (excluding diaryl/α,β-unsaturated/α-hetero) is 1. The van der Waals surface area contributed by atoms with Crippen LogP contribution in [0.5, 0.6) is 0 Å². The van der Waals surface area contributed by atoms with Crippen LogP contribution in [0.3, 0.4) is 0 Å². The molecular weight excluding hydrogens is 206 g/mol. The Hall–Kier alpha value is -0.670. The molecule has 2 nitrogen and oxygen atoms in total. The van der Waals surface area contributed by atoms with Gasteiger partial charge in [0.1, 0.15) is 5.78 Å². The average Bonchev–Trinajstić information content (AvgIpc) is 2.54. The Morgan fingerprint density at radius 3 is 2.67 bits per heavy atom. The number of hydrogen-bond acceptors (Lipinski definition) is 3. The van der Waals surface area contributed by atoms with E-state index in [0.29, 0.717) is 12.8 Å². The van der Waals surface area contributed by atoms with Crippen LogP contribution in [-0.2, 0) is 11.2 Å². The minimum absolute atomic E-state index is 0.00427. The SMILES string of the molecule is CC(C)(C)C(N)CC(=O)Cc1ccsc1. The Bertz CT molecular complexity index is 311. The first-order valence-corrected chi connectivity index (χ1v) is 6.12. The van der Waals surface area contributed by atoms with Gasteiger partial charge in [0.05, 0.1) is 0 Å². The van der Waals surface area contributed by atoms with Crippen molar-refractivity contribution >= 4 is 17.1 Å². The summed E-state index contributed by atoms with van der Waals surface area (Å²) < 4.78 is 0. The van der Waals surface area contributed by atoms with E-state index >= 15 is 0 Å². The Morgan fingerprint density at radius 2 is 2.20 bits per heavy atom. The van der Waals surface area contributed by atoms with Gasteiger partial charge in [-0.15, -0.1) is 0 Å². The van der Waals surface area contributed by atoms with Gasteiger partial charge in [0, 0.05) is 18.9 Å². The second-order valence-corrected chi connectivity index (χ2v) is 5.80. The molecule has 0 aliphatic rings. The van der Waals surface area contributed by atoms with Crippen molar-refractivity contribution in [1.82, 2.24) is 0 Å². The predicted octanol–water partition coefficient (Wildman–Crippen LogP) is 2.62. The van der Waals surface area contributed by atoms with Crippen molar-refractivity contribution in [3.63, 3.8) is 0 Å². The van der Waals surface area contributed by atoms with E-state index in [0.717, 1.165) is 5.56 Å². The summed E-state index contributed by atoms with van der Waals surface area (Å²) >= 11 is 1.62. The van der Waals surface area contributed by atoms with Gasteiger partial charge in [0.2, 0.25) is 0 Å². The number of hydrogen-bond donors (Lipinski definition) is 1. The molecule has 0 fully saturated rings. The predicted molar refractivity (Wildman–Crippen MR) is 65.1 cm³/mol. The molecule has 1 rings (SSSR count). The summed E-state index contributed by atoms with van der Waals surface area (Å²) in [4.78, 5) is 11.7. The molecular formula is C12H19NOS. The third kappa shape index (κ3) is 4.14. The highest BCUT2D eigenvalue weighted by molar-refractivity contribution is 7.07. The van der Waals surface area contributed by atoms with E-state index in [9.17, 15) is 4.79 Å². The van der Waals surface area contributed by atoms with E-state index in [-0.39, 0.29) is 17.2 Å². The normalized spacial score (nSPS) is 13.9. The first-order chi connectivity index (χ1) is 6.89. The van der Waals surface area contributed by atoms with E-state index in [4.69, 9.17) is 5.73 Å². The monoisotopic (exact) mass is 225 g/mol. The van der Waals surface area contributed by atoms with Crippen molar-refractivity contribution in [2.24, 2.45) is 11.1 Å². The van der Waals surface area contributed by atoms with Crippen molar-refractivity contribution in [2.45, 2.75) is 39.7 Å². The summed E-state index contributed by atoms with van der Waals surface area (Å²) in [6, 6.07) is 1.94. The molecule has 0 bridgehead atoms. The zero-order chi connectivity index (χ0) is 11.5. The van der Waals surface area contributed by atoms with Gasteiger partial charge >= 0.3 is 0 Å². The highest BCUT2D eigenvalue weighted by atomic mass is 32.1. The van der Waals surface area contributed by atoms with Crippen molar-refractivity contribution < 1.29 is 4.79 Å². The van der Waals surface area contributed by atoms with Gasteiger partial charge in [-0.3, -0.25) is 4.79 Å². The summed E-state index contributed by atoms with van der Waals surface area (Å²) in [5.41, 5.74) is 7.07. The first-order valence-electron chi connectivity index (χ1n) is 5.18. The lowest BCUT2D eigenvalue weighted by atomic mass is 9.84. The molecule has 0 saturated heterocycles. The van der Waals surface area contributed by atoms with Crippen LogP contribution < -0.4 is 5.73 Å². The molecule has 3 heteroatoms. The van der Waals surface area contributed by atoms with Gasteiger partial charge in [0.15, 0.2) is 0 Å². The molecule has 0 spiro atoms. The van der Waals surface area contributed by atoms with E-state index in [1.807, 2.05) is 16.8 Å². The van der Waals surface area contributed by atoms with Crippen LogP contribution in [0.2, 0.25) is 0 Å². The maximum Gasteiger partial charge on any atom is 0.138 e. The molecule has 1 aromatic rings. The lowest BCUT2D eigenvalue weighted by Gasteiger charge is -2.26. The van der Waals surface area contributed by atoms with Crippen molar-refractivity contribution in [2.75, 3.05) is 0 Å². The minimum Gasteiger partial charge on any atom is -0.327 e. The summed E-state index contributed by atoms with van der Waals surface area (Å²) in [5, 5.41) is 4.01. The Labute approximate surface area is 95.5 Å². The van der Waals surface area contributed by atoms with E-state index in [1.165, 1.54) is 0 Å². The van der Waals surface area contributed by atoms with Crippen LogP contribution in [0.15, 0.2) is 16.8 Å². The maximum absolute atomic E-state index is 11.7. The van der Waals surface area contributed by atoms with Crippen molar-refractivity contribution in [1.29, 1.82) is 0 Å². The van der Waals surface area contributed by atoms with Crippen LogP contribution in [0.1, 0.15) is 32.8 Å². The number of nitrogens with two attached hydrogens (primary N) is 1. The standard InChI is InChI=1S/C12H19NOS/c1-12(2,3)11(13)7-10(14)6-9-4-5-15-8-9/h4-5,8,11H,6-7,13H2,1-3H3. The van der Waals surface area contributed by atoms with Crippen LogP contribution >= 0.6 is 11.3 Å². The molecule has 1 unspecified atom stereocenters. The fourth-order valence-corrected chi connectivity index (χ4v) is 1.91. The van der Waals surface area contributed by atoms with E-state index < -0.39 is 0 Å². The number of carbonyl (C=O) groups excluding carboxylic acids is 1. The summed E-state index contributed by atoms with van der Waals surface area (Å²) in [5.74, 6) is 0.232. The third-order valence-corrected chi connectivity index (χ3v) is 3.27. The van der Waals surface area contributed by atoms with Gasteiger partial charge < -0.3 is 5.73 Å². The molecule has 0 aliphatic heterocycles. The van der Waals surface area contributed by atoms with Gasteiger partial charge in [-0.25, -0.2) is 0 Å². The van der Waals surface area contributed by atoms with Crippen LogP contribution in [0.25, 0.3) is 0 Å². The number of ketones is 1. The van der Waals surface area contributed by atoms with Crippen LogP contribution in [0.4, 0.5) is 0 Å². The van der Waals surface area contributed by atoms with Gasteiger partial charge in [0.25, 0.3) is 0 Å². The smallest absolute Gasteiger partial charge is 0.138 e. The highest BCUT2D eigenvalue weighted by Gasteiger charge is 2.22. The minimum atomic E-state index is -0.0522. The molecule has 0 amide bonds. The molecule has 84 valence electrons. The number of carbonyl (C=O) groups is 1. The quantitative estimate of drug-likeness (QED) is 0.856. The average molecular weight is 225 g/mol. The Kier molecular flexibility index (Phi) is 4.05. The molecule has 1 atom stereocenters. The molecule has 1 heterocycles. The maximum atomic E-state index is 11.7. The van der Waals surface area contributed by atoms with Gasteiger partial charge in [-0.05, 0) is 27.8 Å². The Morgan fingerprint density at radius 1 is 1.53 bits per heavy atom. The third-order valence-electron chi connectivity index (χ3n) is 2.54. The fourth-order valence-electron chi connectivity index (χ4n) is 1.24. The molecule has 0 saturated carbocycles. The summed E-state index contributed by atoms with van der Waals surface area (Å²) in [6.45, 7) is 6.20. The zero-order valence-corrected chi connectivity index (χ0v) is 10.4. The first kappa shape index (κ1) is 12.4. The van der Waals surface area contributed by atoms with Crippen molar-refractivity contribution in [3.05, 3.63) is 22.4 Å². The Balaban J connectivity index is 2.43. The van der Waals surface area contributed by atoms with E-state index in [2.05, 4.69) is 20.8 Å². The largest absolute Gasteiger partial charge is 0.327 e. The second kappa shape index (κ2) is 4.90. The molecule has 0 radical (unpaired) electrons. The fraction of sp³-hybridized carbons (Fsp3) is 0.583. The summed E-state index contributed by atoms with van der Waals surface area (Å²) in [6.07, 6.45) is 0.993. The van der Waals surface area contributed by atoms with Crippen molar-refractivity contribution in [3.8, 4) is 0 Å². The summed E-state index contributed by atoms with van der Waals surface area (Å²) in [7, 11) is 0. The lowest BCUT2D eigenvalue weighted by molar-refractivity contribution is -0.119.